The monoisotopic (exact) mass is 393 g/mol. The van der Waals surface area contributed by atoms with Gasteiger partial charge in [0.2, 0.25) is 5.91 Å². The van der Waals surface area contributed by atoms with Crippen molar-refractivity contribution < 1.29 is 9.53 Å². The number of benzene rings is 1. The van der Waals surface area contributed by atoms with E-state index in [9.17, 15) is 4.79 Å². The van der Waals surface area contributed by atoms with E-state index in [4.69, 9.17) is 4.74 Å². The fourth-order valence-electron chi connectivity index (χ4n) is 3.63. The summed E-state index contributed by atoms with van der Waals surface area (Å²) < 4.78 is 7.27. The lowest BCUT2D eigenvalue weighted by atomic mass is 9.96. The third-order valence-electron chi connectivity index (χ3n) is 5.93. The SMILES string of the molecule is C=N/C(=C\c1cc(-c2cnc(C)n2C)ccc1C)NC(=O)C1CN(C2COC2)C1. The number of nitrogens with one attached hydrogen (secondary N) is 1. The molecule has 2 aliphatic heterocycles. The van der Waals surface area contributed by atoms with Crippen molar-refractivity contribution in [1.82, 2.24) is 19.8 Å². The van der Waals surface area contributed by atoms with Crippen LogP contribution in [-0.2, 0) is 16.6 Å². The average Bonchev–Trinajstić information content (AvgIpc) is 2.96. The van der Waals surface area contributed by atoms with E-state index in [1.165, 1.54) is 0 Å². The molecule has 1 aromatic heterocycles. The summed E-state index contributed by atoms with van der Waals surface area (Å²) in [6.07, 6.45) is 3.75. The van der Waals surface area contributed by atoms with Crippen LogP contribution >= 0.6 is 0 Å². The van der Waals surface area contributed by atoms with Crippen LogP contribution < -0.4 is 5.32 Å². The van der Waals surface area contributed by atoms with Crippen molar-refractivity contribution in [2.45, 2.75) is 19.9 Å². The molecule has 0 unspecified atom stereocenters. The van der Waals surface area contributed by atoms with Gasteiger partial charge in [0.1, 0.15) is 11.6 Å². The molecule has 2 aliphatic rings. The second-order valence-electron chi connectivity index (χ2n) is 7.84. The lowest BCUT2D eigenvalue weighted by Gasteiger charge is -2.46. The lowest BCUT2D eigenvalue weighted by Crippen LogP contribution is -2.62. The lowest BCUT2D eigenvalue weighted by molar-refractivity contribution is -0.139. The number of hydrogen-bond acceptors (Lipinski definition) is 5. The van der Waals surface area contributed by atoms with E-state index < -0.39 is 0 Å². The van der Waals surface area contributed by atoms with Gasteiger partial charge in [-0.3, -0.25) is 9.69 Å². The Balaban J connectivity index is 1.48. The minimum absolute atomic E-state index is 0.00351. The first kappa shape index (κ1) is 19.5. The number of hydrogen-bond donors (Lipinski definition) is 1. The third-order valence-corrected chi connectivity index (χ3v) is 5.93. The Morgan fingerprint density at radius 1 is 1.34 bits per heavy atom. The number of aliphatic imine (C=N–C) groups is 1. The van der Waals surface area contributed by atoms with Crippen molar-refractivity contribution in [3.63, 3.8) is 0 Å². The second-order valence-corrected chi connectivity index (χ2v) is 7.84. The van der Waals surface area contributed by atoms with Gasteiger partial charge in [-0.1, -0.05) is 12.1 Å². The predicted molar refractivity (Wildman–Crippen MR) is 113 cm³/mol. The predicted octanol–water partition coefficient (Wildman–Crippen LogP) is 2.15. The highest BCUT2D eigenvalue weighted by Crippen LogP contribution is 2.25. The maximum atomic E-state index is 12.6. The van der Waals surface area contributed by atoms with Crippen LogP contribution in [0, 0.1) is 19.8 Å². The van der Waals surface area contributed by atoms with Gasteiger partial charge in [0, 0.05) is 25.7 Å². The van der Waals surface area contributed by atoms with Crippen molar-refractivity contribution >= 4 is 18.7 Å². The first-order chi connectivity index (χ1) is 14.0. The van der Waals surface area contributed by atoms with Gasteiger partial charge in [-0.05, 0) is 43.8 Å². The Morgan fingerprint density at radius 2 is 2.10 bits per heavy atom. The summed E-state index contributed by atoms with van der Waals surface area (Å²) in [5, 5.41) is 2.93. The van der Waals surface area contributed by atoms with Crippen molar-refractivity contribution in [2.24, 2.45) is 18.0 Å². The number of aromatic nitrogens is 2. The molecule has 7 heteroatoms. The summed E-state index contributed by atoms with van der Waals surface area (Å²) in [6.45, 7) is 10.8. The minimum Gasteiger partial charge on any atom is -0.378 e. The van der Waals surface area contributed by atoms with Gasteiger partial charge >= 0.3 is 0 Å². The number of likely N-dealkylation sites (tertiary alicyclic amines) is 1. The molecule has 2 saturated heterocycles. The van der Waals surface area contributed by atoms with Gasteiger partial charge in [-0.2, -0.15) is 0 Å². The fourth-order valence-corrected chi connectivity index (χ4v) is 3.63. The fraction of sp³-hybridized carbons (Fsp3) is 0.409. The Labute approximate surface area is 171 Å². The first-order valence-corrected chi connectivity index (χ1v) is 9.86. The van der Waals surface area contributed by atoms with Crippen molar-refractivity contribution in [1.29, 1.82) is 0 Å². The molecule has 7 nitrogen and oxygen atoms in total. The van der Waals surface area contributed by atoms with E-state index in [-0.39, 0.29) is 11.8 Å². The topological polar surface area (TPSA) is 71.8 Å². The highest BCUT2D eigenvalue weighted by atomic mass is 16.5. The van der Waals surface area contributed by atoms with E-state index in [2.05, 4.69) is 49.7 Å². The van der Waals surface area contributed by atoms with Crippen LogP contribution in [0.15, 0.2) is 35.2 Å². The summed E-state index contributed by atoms with van der Waals surface area (Å²) in [5.74, 6) is 1.42. The van der Waals surface area contributed by atoms with Crippen LogP contribution in [0.5, 0.6) is 0 Å². The van der Waals surface area contributed by atoms with Crippen molar-refractivity contribution in [3.05, 3.63) is 47.2 Å². The molecule has 0 aliphatic carbocycles. The molecule has 2 fully saturated rings. The van der Waals surface area contributed by atoms with Gasteiger partial charge < -0.3 is 14.6 Å². The van der Waals surface area contributed by atoms with Crippen molar-refractivity contribution in [2.75, 3.05) is 26.3 Å². The van der Waals surface area contributed by atoms with Crippen LogP contribution in [0.1, 0.15) is 17.0 Å². The maximum absolute atomic E-state index is 12.6. The van der Waals surface area contributed by atoms with Gasteiger partial charge in [0.15, 0.2) is 0 Å². The molecule has 1 N–H and O–H groups in total. The first-order valence-electron chi connectivity index (χ1n) is 9.86. The van der Waals surface area contributed by atoms with Crippen LogP contribution in [0.4, 0.5) is 0 Å². The summed E-state index contributed by atoms with van der Waals surface area (Å²) in [4.78, 5) is 23.3. The number of aryl methyl sites for hydroxylation is 2. The number of imidazole rings is 1. The summed E-state index contributed by atoms with van der Waals surface area (Å²) in [6, 6.07) is 6.71. The molecular formula is C22H27N5O2. The van der Waals surface area contributed by atoms with Crippen LogP contribution in [0.25, 0.3) is 17.3 Å². The molecular weight excluding hydrogens is 366 g/mol. The zero-order chi connectivity index (χ0) is 20.5. The molecule has 1 amide bonds. The second kappa shape index (κ2) is 7.93. The number of rotatable bonds is 6. The summed E-state index contributed by atoms with van der Waals surface area (Å²) in [5.41, 5.74) is 4.20. The zero-order valence-corrected chi connectivity index (χ0v) is 17.2. The Kier molecular flexibility index (Phi) is 5.34. The third kappa shape index (κ3) is 3.88. The molecule has 0 atom stereocenters. The normalized spacial score (nSPS) is 18.2. The molecule has 0 bridgehead atoms. The average molecular weight is 393 g/mol. The van der Waals surface area contributed by atoms with E-state index in [0.29, 0.717) is 11.9 Å². The van der Waals surface area contributed by atoms with E-state index in [0.717, 1.165) is 54.5 Å². The number of amides is 1. The van der Waals surface area contributed by atoms with E-state index in [1.807, 2.05) is 33.2 Å². The maximum Gasteiger partial charge on any atom is 0.231 e. The quantitative estimate of drug-likeness (QED) is 0.764. The van der Waals surface area contributed by atoms with Gasteiger partial charge in [-0.25, -0.2) is 9.98 Å². The van der Waals surface area contributed by atoms with Crippen LogP contribution in [-0.4, -0.2) is 59.4 Å². The molecule has 0 saturated carbocycles. The van der Waals surface area contributed by atoms with E-state index >= 15 is 0 Å². The summed E-state index contributed by atoms with van der Waals surface area (Å²) >= 11 is 0. The molecule has 3 heterocycles. The van der Waals surface area contributed by atoms with Gasteiger partial charge in [0.05, 0.1) is 37.1 Å². The molecule has 2 aromatic rings. The molecule has 29 heavy (non-hydrogen) atoms. The molecule has 0 radical (unpaired) electrons. The number of ether oxygens (including phenoxy) is 1. The van der Waals surface area contributed by atoms with Crippen LogP contribution in [0.3, 0.4) is 0 Å². The number of nitrogens with zero attached hydrogens (tertiary/aromatic N) is 4. The van der Waals surface area contributed by atoms with Crippen LogP contribution in [0.2, 0.25) is 0 Å². The minimum atomic E-state index is -0.00870. The summed E-state index contributed by atoms with van der Waals surface area (Å²) in [7, 11) is 2.00. The highest BCUT2D eigenvalue weighted by Gasteiger charge is 2.39. The number of carbonyl (C=O) groups is 1. The van der Waals surface area contributed by atoms with Crippen molar-refractivity contribution in [3.8, 4) is 11.3 Å². The standard InChI is InChI=1S/C22H27N5O2/c1-14-5-6-16(20-9-24-15(2)26(20)4)7-17(14)8-21(23-3)25-22(28)18-10-27(11-18)19-12-29-13-19/h5-9,18-19H,3,10-13H2,1-2,4H3,(H,25,28)/b21-8+. The molecule has 0 spiro atoms. The molecule has 152 valence electrons. The van der Waals surface area contributed by atoms with Gasteiger partial charge in [0.25, 0.3) is 0 Å². The van der Waals surface area contributed by atoms with E-state index in [1.54, 1.807) is 0 Å². The largest absolute Gasteiger partial charge is 0.378 e. The smallest absolute Gasteiger partial charge is 0.231 e. The Hall–Kier alpha value is -2.77. The Morgan fingerprint density at radius 3 is 2.69 bits per heavy atom. The number of carbonyl (C=O) groups excluding carboxylic acids is 1. The Bertz CT molecular complexity index is 968. The van der Waals surface area contributed by atoms with Gasteiger partial charge in [-0.15, -0.1) is 0 Å². The molecule has 1 aromatic carbocycles. The zero-order valence-electron chi connectivity index (χ0n) is 17.2. The highest BCUT2D eigenvalue weighted by molar-refractivity contribution is 5.83. The molecule has 4 rings (SSSR count).